The first-order valence-electron chi connectivity index (χ1n) is 20.0. The number of methoxy groups -OCH3 is 5. The van der Waals surface area contributed by atoms with Crippen LogP contribution in [0.4, 0.5) is 0 Å². The van der Waals surface area contributed by atoms with Crippen molar-refractivity contribution in [1.29, 1.82) is 0 Å². The topological polar surface area (TPSA) is 156 Å². The molecule has 0 spiro atoms. The zero-order valence-electron chi connectivity index (χ0n) is 34.9. The van der Waals surface area contributed by atoms with Crippen LogP contribution in [0, 0.1) is 12.3 Å². The van der Waals surface area contributed by atoms with Gasteiger partial charge in [0.25, 0.3) is 5.91 Å². The van der Waals surface area contributed by atoms with Gasteiger partial charge in [-0.2, -0.15) is 10.2 Å². The number of likely N-dealkylation sites (tertiary alicyclic amines) is 1. The highest BCUT2D eigenvalue weighted by Gasteiger charge is 2.39. The summed E-state index contributed by atoms with van der Waals surface area (Å²) in [6.45, 7) is 2.52. The van der Waals surface area contributed by atoms with E-state index in [-0.39, 0.29) is 18.4 Å². The molecule has 1 N–H and O–H groups in total. The third-order valence-corrected chi connectivity index (χ3v) is 10.8. The maximum absolute atomic E-state index is 14.4. The SMILES string of the molecule is C#CCCC1(CCNC(=O)COc2cccc([C@@H](CCc3ccc(OC)c(OC)c3)OC(=O)[C@@H]3CCCCN3C(=O)[C@@H](CC)c3cc(OC)c(OC)c(OC)c3)c2)N=N1. The summed E-state index contributed by atoms with van der Waals surface area (Å²) in [6.07, 6.45) is 9.86. The van der Waals surface area contributed by atoms with Crippen molar-refractivity contribution in [3.8, 4) is 46.8 Å². The van der Waals surface area contributed by atoms with Crippen molar-refractivity contribution in [2.45, 2.75) is 88.4 Å². The number of amides is 2. The second kappa shape index (κ2) is 21.2. The molecule has 2 heterocycles. The lowest BCUT2D eigenvalue weighted by Gasteiger charge is -2.37. The van der Waals surface area contributed by atoms with E-state index in [9.17, 15) is 14.4 Å². The number of carbonyl (C=O) groups excluding carboxylic acids is 3. The molecule has 2 aliphatic heterocycles. The monoisotopic (exact) mass is 812 g/mol. The fraction of sp³-hybridized carbons (Fsp3) is 0.489. The van der Waals surface area contributed by atoms with Crippen LogP contribution in [0.2, 0.25) is 0 Å². The molecule has 316 valence electrons. The summed E-state index contributed by atoms with van der Waals surface area (Å²) >= 11 is 0. The van der Waals surface area contributed by atoms with Gasteiger partial charge >= 0.3 is 5.97 Å². The molecule has 0 saturated carbocycles. The van der Waals surface area contributed by atoms with Crippen LogP contribution < -0.4 is 33.7 Å². The number of ether oxygens (including phenoxy) is 7. The van der Waals surface area contributed by atoms with Gasteiger partial charge in [0.1, 0.15) is 17.9 Å². The minimum Gasteiger partial charge on any atom is -0.493 e. The molecule has 0 aliphatic carbocycles. The molecular formula is C45H56N4O10. The Bertz CT molecular complexity index is 1960. The molecule has 5 rings (SSSR count). The Morgan fingerprint density at radius 1 is 0.881 bits per heavy atom. The Labute approximate surface area is 346 Å². The number of rotatable bonds is 22. The first-order chi connectivity index (χ1) is 28.6. The van der Waals surface area contributed by atoms with Crippen LogP contribution in [0.3, 0.4) is 0 Å². The van der Waals surface area contributed by atoms with E-state index >= 15 is 0 Å². The number of carbonyl (C=O) groups is 3. The van der Waals surface area contributed by atoms with Crippen molar-refractivity contribution in [2.75, 3.05) is 55.2 Å². The van der Waals surface area contributed by atoms with Gasteiger partial charge in [0.15, 0.2) is 35.3 Å². The zero-order chi connectivity index (χ0) is 42.4. The van der Waals surface area contributed by atoms with Crippen LogP contribution in [0.25, 0.3) is 0 Å². The normalized spacial score (nSPS) is 16.2. The molecular weight excluding hydrogens is 757 g/mol. The molecule has 1 fully saturated rings. The minimum absolute atomic E-state index is 0.178. The van der Waals surface area contributed by atoms with Gasteiger partial charge in [0.2, 0.25) is 11.7 Å². The van der Waals surface area contributed by atoms with Crippen molar-refractivity contribution >= 4 is 17.8 Å². The first-order valence-corrected chi connectivity index (χ1v) is 20.0. The van der Waals surface area contributed by atoms with Crippen molar-refractivity contribution in [3.05, 3.63) is 71.3 Å². The van der Waals surface area contributed by atoms with E-state index in [1.54, 1.807) is 49.5 Å². The van der Waals surface area contributed by atoms with Gasteiger partial charge in [-0.3, -0.25) is 9.59 Å². The Kier molecular flexibility index (Phi) is 15.8. The third-order valence-electron chi connectivity index (χ3n) is 10.8. The number of esters is 1. The van der Waals surface area contributed by atoms with Gasteiger partial charge in [-0.15, -0.1) is 12.3 Å². The second-order valence-electron chi connectivity index (χ2n) is 14.5. The van der Waals surface area contributed by atoms with E-state index in [0.29, 0.717) is 104 Å². The predicted octanol–water partition coefficient (Wildman–Crippen LogP) is 6.98. The number of hydrogen-bond donors (Lipinski definition) is 1. The summed E-state index contributed by atoms with van der Waals surface area (Å²) in [4.78, 5) is 43.1. The Hall–Kier alpha value is -5.97. The number of aryl methyl sites for hydroxylation is 1. The number of terminal acetylenes is 1. The Balaban J connectivity index is 1.33. The molecule has 2 aliphatic rings. The lowest BCUT2D eigenvalue weighted by Crippen LogP contribution is -2.50. The van der Waals surface area contributed by atoms with E-state index in [1.165, 1.54) is 21.3 Å². The quantitative estimate of drug-likeness (QED) is 0.0830. The van der Waals surface area contributed by atoms with Crippen LogP contribution in [-0.4, -0.2) is 89.6 Å². The fourth-order valence-corrected chi connectivity index (χ4v) is 7.42. The van der Waals surface area contributed by atoms with E-state index in [2.05, 4.69) is 21.5 Å². The molecule has 59 heavy (non-hydrogen) atoms. The Morgan fingerprint density at radius 2 is 1.61 bits per heavy atom. The number of hydrogen-bond acceptors (Lipinski definition) is 12. The molecule has 2 amide bonds. The summed E-state index contributed by atoms with van der Waals surface area (Å²) in [5.74, 6) is 4.01. The molecule has 3 atom stereocenters. The largest absolute Gasteiger partial charge is 0.493 e. The highest BCUT2D eigenvalue weighted by Crippen LogP contribution is 2.42. The summed E-state index contributed by atoms with van der Waals surface area (Å²) in [7, 11) is 7.75. The second-order valence-corrected chi connectivity index (χ2v) is 14.5. The maximum atomic E-state index is 14.4. The smallest absolute Gasteiger partial charge is 0.329 e. The van der Waals surface area contributed by atoms with Gasteiger partial charge in [0.05, 0.1) is 41.5 Å². The Morgan fingerprint density at radius 3 is 2.25 bits per heavy atom. The molecule has 3 aromatic rings. The van der Waals surface area contributed by atoms with Gasteiger partial charge < -0.3 is 43.4 Å². The van der Waals surface area contributed by atoms with Crippen molar-refractivity contribution in [1.82, 2.24) is 10.2 Å². The van der Waals surface area contributed by atoms with Crippen LogP contribution in [-0.2, 0) is 25.5 Å². The minimum atomic E-state index is -0.791. The van der Waals surface area contributed by atoms with Gasteiger partial charge in [0, 0.05) is 32.4 Å². The average Bonchev–Trinajstić information content (AvgIpc) is 4.05. The standard InChI is InChI=1S/C45H56N4O10/c1-8-10-21-45(47-48-45)22-23-46-41(50)29-58-33-15-13-14-31(26-33)36(19-17-30-18-20-37(53-3)38(25-30)54-4)59-44(52)35-16-11-12-24-49(35)43(51)34(9-2)32-27-39(55-5)42(57-7)40(28-32)56-6/h1,13-15,18,20,25-28,34-36H,9-12,16-17,19,21-24,29H2,2-7H3,(H,46,50)/t34-,35-,36+/m0/s1. The van der Waals surface area contributed by atoms with Crippen molar-refractivity contribution in [3.63, 3.8) is 0 Å². The lowest BCUT2D eigenvalue weighted by molar-refractivity contribution is -0.162. The van der Waals surface area contributed by atoms with Crippen LogP contribution in [0.5, 0.6) is 34.5 Å². The average molecular weight is 813 g/mol. The number of piperidine rings is 1. The fourth-order valence-electron chi connectivity index (χ4n) is 7.42. The van der Waals surface area contributed by atoms with E-state index in [1.807, 2.05) is 31.2 Å². The van der Waals surface area contributed by atoms with Crippen LogP contribution in [0.15, 0.2) is 64.8 Å². The zero-order valence-corrected chi connectivity index (χ0v) is 34.9. The molecule has 0 bridgehead atoms. The molecule has 14 nitrogen and oxygen atoms in total. The van der Waals surface area contributed by atoms with E-state index < -0.39 is 29.7 Å². The maximum Gasteiger partial charge on any atom is 0.329 e. The van der Waals surface area contributed by atoms with E-state index in [0.717, 1.165) is 18.4 Å². The van der Waals surface area contributed by atoms with Gasteiger partial charge in [-0.05, 0) is 91.6 Å². The van der Waals surface area contributed by atoms with Crippen molar-refractivity contribution in [2.24, 2.45) is 10.2 Å². The highest BCUT2D eigenvalue weighted by atomic mass is 16.5. The molecule has 3 aromatic carbocycles. The number of benzene rings is 3. The summed E-state index contributed by atoms with van der Waals surface area (Å²) in [5, 5.41) is 11.1. The van der Waals surface area contributed by atoms with Crippen molar-refractivity contribution < 1.29 is 47.5 Å². The molecule has 14 heteroatoms. The first kappa shape index (κ1) is 44.1. The number of nitrogens with one attached hydrogen (secondary N) is 1. The van der Waals surface area contributed by atoms with Crippen LogP contribution >= 0.6 is 0 Å². The summed E-state index contributed by atoms with van der Waals surface area (Å²) < 4.78 is 39.9. The molecule has 0 aromatic heterocycles. The van der Waals surface area contributed by atoms with E-state index in [4.69, 9.17) is 39.6 Å². The summed E-state index contributed by atoms with van der Waals surface area (Å²) in [6, 6.07) is 15.6. The number of nitrogens with zero attached hydrogens (tertiary/aromatic N) is 3. The molecule has 0 unspecified atom stereocenters. The molecule has 0 radical (unpaired) electrons. The highest BCUT2D eigenvalue weighted by molar-refractivity contribution is 5.89. The summed E-state index contributed by atoms with van der Waals surface area (Å²) in [5.41, 5.74) is 1.84. The third kappa shape index (κ3) is 11.4. The predicted molar refractivity (Wildman–Crippen MR) is 220 cm³/mol. The lowest BCUT2D eigenvalue weighted by atomic mass is 9.91. The van der Waals surface area contributed by atoms with Crippen LogP contribution in [0.1, 0.15) is 87.0 Å². The molecule has 1 saturated heterocycles. The van der Waals surface area contributed by atoms with Gasteiger partial charge in [-0.25, -0.2) is 4.79 Å². The van der Waals surface area contributed by atoms with Gasteiger partial charge in [-0.1, -0.05) is 25.1 Å².